The summed E-state index contributed by atoms with van der Waals surface area (Å²) in [6, 6.07) is 0. The number of nitrogens with zero attached hydrogens (tertiary/aromatic N) is 1. The van der Waals surface area contributed by atoms with Gasteiger partial charge in [0.1, 0.15) is 5.01 Å². The normalized spacial score (nSPS) is 10.5. The van der Waals surface area contributed by atoms with Crippen molar-refractivity contribution in [2.75, 3.05) is 6.61 Å². The van der Waals surface area contributed by atoms with E-state index in [1.165, 1.54) is 0 Å². The lowest BCUT2D eigenvalue weighted by Crippen LogP contribution is -1.94. The van der Waals surface area contributed by atoms with E-state index in [9.17, 15) is 0 Å². The summed E-state index contributed by atoms with van der Waals surface area (Å²) < 4.78 is 0. The third kappa shape index (κ3) is 1.99. The zero-order valence-corrected chi connectivity index (χ0v) is 7.32. The van der Waals surface area contributed by atoms with E-state index in [-0.39, 0.29) is 6.61 Å². The number of hydrogen-bond donors (Lipinski definition) is 2. The maximum Gasteiger partial charge on any atom is 0.107 e. The Morgan fingerprint density at radius 2 is 2.36 bits per heavy atom. The van der Waals surface area contributed by atoms with Gasteiger partial charge in [-0.15, -0.1) is 11.3 Å². The minimum Gasteiger partial charge on any atom is -0.396 e. The smallest absolute Gasteiger partial charge is 0.107 e. The van der Waals surface area contributed by atoms with Crippen LogP contribution < -0.4 is 5.73 Å². The minimum absolute atomic E-state index is 0.188. The Morgan fingerprint density at radius 3 is 2.82 bits per heavy atom. The topological polar surface area (TPSA) is 59.1 Å². The highest BCUT2D eigenvalue weighted by molar-refractivity contribution is 7.11. The summed E-state index contributed by atoms with van der Waals surface area (Å²) in [5, 5.41) is 9.62. The van der Waals surface area contributed by atoms with E-state index in [1.807, 2.05) is 6.92 Å². The lowest BCUT2D eigenvalue weighted by atomic mass is 10.3. The van der Waals surface area contributed by atoms with Crippen LogP contribution >= 0.6 is 11.3 Å². The van der Waals surface area contributed by atoms with Crippen LogP contribution in [0.3, 0.4) is 0 Å². The molecule has 11 heavy (non-hydrogen) atoms. The lowest BCUT2D eigenvalue weighted by Gasteiger charge is -1.90. The zero-order valence-electron chi connectivity index (χ0n) is 6.50. The summed E-state index contributed by atoms with van der Waals surface area (Å²) in [5.74, 6) is 0. The van der Waals surface area contributed by atoms with Crippen LogP contribution in [0, 0.1) is 6.92 Å². The largest absolute Gasteiger partial charge is 0.396 e. The maximum absolute atomic E-state index is 8.67. The van der Waals surface area contributed by atoms with Crippen molar-refractivity contribution in [1.82, 2.24) is 4.98 Å². The molecule has 0 fully saturated rings. The number of aliphatic hydroxyl groups is 1. The highest BCUT2D eigenvalue weighted by Gasteiger charge is 2.04. The number of thiazole rings is 1. The average Bonchev–Trinajstić information content (AvgIpc) is 2.33. The van der Waals surface area contributed by atoms with Gasteiger partial charge in [-0.05, 0) is 6.92 Å². The van der Waals surface area contributed by atoms with Crippen LogP contribution in [0.2, 0.25) is 0 Å². The summed E-state index contributed by atoms with van der Waals surface area (Å²) in [7, 11) is 0. The molecule has 0 saturated carbocycles. The van der Waals surface area contributed by atoms with Gasteiger partial charge in [0, 0.05) is 24.4 Å². The van der Waals surface area contributed by atoms with Gasteiger partial charge in [0.15, 0.2) is 0 Å². The minimum atomic E-state index is 0.188. The number of rotatable bonds is 3. The standard InChI is InChI=1S/C7H12N2OS/c1-5-6(2-3-10)11-7(4-8)9-5/h10H,2-4,8H2,1H3. The lowest BCUT2D eigenvalue weighted by molar-refractivity contribution is 0.300. The van der Waals surface area contributed by atoms with Crippen LogP contribution in [0.4, 0.5) is 0 Å². The number of hydrogen-bond acceptors (Lipinski definition) is 4. The molecule has 62 valence electrons. The van der Waals surface area contributed by atoms with Crippen molar-refractivity contribution in [3.8, 4) is 0 Å². The third-order valence-corrected chi connectivity index (χ3v) is 2.69. The Bertz CT molecular complexity index is 234. The van der Waals surface area contributed by atoms with Gasteiger partial charge in [0.05, 0.1) is 5.69 Å². The highest BCUT2D eigenvalue weighted by atomic mass is 32.1. The molecule has 0 unspecified atom stereocenters. The molecule has 0 atom stereocenters. The van der Waals surface area contributed by atoms with E-state index in [4.69, 9.17) is 10.8 Å². The molecule has 0 aliphatic rings. The molecule has 0 radical (unpaired) electrons. The fourth-order valence-electron chi connectivity index (χ4n) is 0.909. The molecule has 0 aromatic carbocycles. The van der Waals surface area contributed by atoms with E-state index in [0.717, 1.165) is 15.6 Å². The van der Waals surface area contributed by atoms with Crippen molar-refractivity contribution in [3.63, 3.8) is 0 Å². The van der Waals surface area contributed by atoms with Crippen LogP contribution in [0.25, 0.3) is 0 Å². The Morgan fingerprint density at radius 1 is 1.64 bits per heavy atom. The van der Waals surface area contributed by atoms with Gasteiger partial charge in [-0.2, -0.15) is 0 Å². The van der Waals surface area contributed by atoms with E-state index in [2.05, 4.69) is 4.98 Å². The van der Waals surface area contributed by atoms with E-state index in [1.54, 1.807) is 11.3 Å². The molecule has 1 heterocycles. The van der Waals surface area contributed by atoms with Gasteiger partial charge < -0.3 is 10.8 Å². The predicted molar refractivity (Wildman–Crippen MR) is 45.5 cm³/mol. The van der Waals surface area contributed by atoms with Crippen LogP contribution in [-0.2, 0) is 13.0 Å². The Balaban J connectivity index is 2.79. The molecule has 1 aromatic heterocycles. The molecule has 0 saturated heterocycles. The summed E-state index contributed by atoms with van der Waals surface area (Å²) in [6.07, 6.45) is 0.698. The monoisotopic (exact) mass is 172 g/mol. The van der Waals surface area contributed by atoms with Gasteiger partial charge in [-0.25, -0.2) is 4.98 Å². The second-order valence-corrected chi connectivity index (χ2v) is 3.46. The first-order valence-electron chi connectivity index (χ1n) is 3.54. The van der Waals surface area contributed by atoms with Crippen molar-refractivity contribution in [2.45, 2.75) is 19.9 Å². The van der Waals surface area contributed by atoms with Gasteiger partial charge in [0.25, 0.3) is 0 Å². The Labute approximate surface area is 69.9 Å². The summed E-state index contributed by atoms with van der Waals surface area (Å²) in [4.78, 5) is 5.38. The number of aromatic nitrogens is 1. The van der Waals surface area contributed by atoms with Crippen LogP contribution in [0.15, 0.2) is 0 Å². The molecule has 0 bridgehead atoms. The Kier molecular flexibility index (Phi) is 2.99. The molecule has 0 aliphatic heterocycles. The molecule has 0 aliphatic carbocycles. The van der Waals surface area contributed by atoms with Crippen LogP contribution in [-0.4, -0.2) is 16.7 Å². The fraction of sp³-hybridized carbons (Fsp3) is 0.571. The highest BCUT2D eigenvalue weighted by Crippen LogP contribution is 2.17. The average molecular weight is 172 g/mol. The number of aryl methyl sites for hydroxylation is 1. The first-order valence-corrected chi connectivity index (χ1v) is 4.35. The van der Waals surface area contributed by atoms with Crippen molar-refractivity contribution >= 4 is 11.3 Å². The van der Waals surface area contributed by atoms with E-state index in [0.29, 0.717) is 13.0 Å². The molecular weight excluding hydrogens is 160 g/mol. The Hall–Kier alpha value is -0.450. The predicted octanol–water partition coefficient (Wildman–Crippen LogP) is 0.445. The molecule has 4 heteroatoms. The van der Waals surface area contributed by atoms with Crippen molar-refractivity contribution in [3.05, 3.63) is 15.6 Å². The molecule has 1 aromatic rings. The second kappa shape index (κ2) is 3.80. The number of nitrogens with two attached hydrogens (primary N) is 1. The van der Waals surface area contributed by atoms with Gasteiger partial charge in [-0.1, -0.05) is 0 Å². The molecule has 0 amide bonds. The van der Waals surface area contributed by atoms with Crippen molar-refractivity contribution < 1.29 is 5.11 Å². The zero-order chi connectivity index (χ0) is 8.27. The molecule has 3 N–H and O–H groups in total. The van der Waals surface area contributed by atoms with E-state index < -0.39 is 0 Å². The second-order valence-electron chi connectivity index (χ2n) is 2.29. The van der Waals surface area contributed by atoms with Crippen molar-refractivity contribution in [2.24, 2.45) is 5.73 Å². The van der Waals surface area contributed by atoms with Crippen LogP contribution in [0.1, 0.15) is 15.6 Å². The fourth-order valence-corrected chi connectivity index (χ4v) is 1.85. The van der Waals surface area contributed by atoms with Gasteiger partial charge in [0.2, 0.25) is 0 Å². The maximum atomic E-state index is 8.67. The third-order valence-electron chi connectivity index (χ3n) is 1.45. The molecule has 1 rings (SSSR count). The van der Waals surface area contributed by atoms with E-state index >= 15 is 0 Å². The summed E-state index contributed by atoms with van der Waals surface area (Å²) in [5.41, 5.74) is 6.42. The quantitative estimate of drug-likeness (QED) is 0.695. The molecule has 0 spiro atoms. The van der Waals surface area contributed by atoms with Crippen molar-refractivity contribution in [1.29, 1.82) is 0 Å². The van der Waals surface area contributed by atoms with Crippen LogP contribution in [0.5, 0.6) is 0 Å². The summed E-state index contributed by atoms with van der Waals surface area (Å²) >= 11 is 1.59. The first kappa shape index (κ1) is 8.64. The molecule has 3 nitrogen and oxygen atoms in total. The van der Waals surface area contributed by atoms with Gasteiger partial charge >= 0.3 is 0 Å². The molecular formula is C7H12N2OS. The van der Waals surface area contributed by atoms with Gasteiger partial charge in [-0.3, -0.25) is 0 Å². The SMILES string of the molecule is Cc1nc(CN)sc1CCO. The number of aliphatic hydroxyl groups excluding tert-OH is 1. The first-order chi connectivity index (χ1) is 5.27. The summed E-state index contributed by atoms with van der Waals surface area (Å²) in [6.45, 7) is 2.63.